The van der Waals surface area contributed by atoms with Crippen molar-refractivity contribution in [2.24, 2.45) is 0 Å². The van der Waals surface area contributed by atoms with Gasteiger partial charge in [-0.1, -0.05) is 28.1 Å². The first kappa shape index (κ1) is 15.0. The first-order valence-corrected chi connectivity index (χ1v) is 8.09. The molecule has 1 aromatic carbocycles. The molecule has 0 radical (unpaired) electrons. The highest BCUT2D eigenvalue weighted by Crippen LogP contribution is 2.35. The molecule has 0 aromatic heterocycles. The molecular formula is C12H12BrNO5S. The summed E-state index contributed by atoms with van der Waals surface area (Å²) in [4.78, 5) is 22.0. The van der Waals surface area contributed by atoms with Crippen LogP contribution in [-0.2, 0) is 31.0 Å². The molecule has 108 valence electrons. The van der Waals surface area contributed by atoms with Crippen LogP contribution < -0.4 is 4.72 Å². The van der Waals surface area contributed by atoms with Crippen LogP contribution in [0, 0.1) is 0 Å². The maximum Gasteiger partial charge on any atom is 0.302 e. The Morgan fingerprint density at radius 1 is 1.50 bits per heavy atom. The summed E-state index contributed by atoms with van der Waals surface area (Å²) in [6.07, 6.45) is -0.0930. The van der Waals surface area contributed by atoms with Crippen molar-refractivity contribution < 1.29 is 22.7 Å². The van der Waals surface area contributed by atoms with Gasteiger partial charge in [-0.25, -0.2) is 8.42 Å². The largest absolute Gasteiger partial charge is 0.461 e. The van der Waals surface area contributed by atoms with E-state index in [4.69, 9.17) is 4.74 Å². The van der Waals surface area contributed by atoms with Crippen molar-refractivity contribution in [3.63, 3.8) is 0 Å². The molecule has 2 rings (SSSR count). The summed E-state index contributed by atoms with van der Waals surface area (Å²) in [7, 11) is -3.67. The van der Waals surface area contributed by atoms with Gasteiger partial charge in [0.1, 0.15) is 11.9 Å². The molecule has 20 heavy (non-hydrogen) atoms. The van der Waals surface area contributed by atoms with Crippen LogP contribution in [0.2, 0.25) is 0 Å². The van der Waals surface area contributed by atoms with Crippen LogP contribution in [0.5, 0.6) is 0 Å². The van der Waals surface area contributed by atoms with E-state index < -0.39 is 27.1 Å². The third-order valence-electron chi connectivity index (χ3n) is 2.86. The minimum absolute atomic E-state index is 0.0930. The molecule has 0 bridgehead atoms. The van der Waals surface area contributed by atoms with Gasteiger partial charge in [0.05, 0.1) is 6.42 Å². The predicted octanol–water partition coefficient (Wildman–Crippen LogP) is 1.40. The summed E-state index contributed by atoms with van der Waals surface area (Å²) in [5.74, 6) is -0.899. The fourth-order valence-corrected chi connectivity index (χ4v) is 4.24. The molecule has 1 fully saturated rings. The number of sulfonamides is 1. The Morgan fingerprint density at radius 2 is 2.20 bits per heavy atom. The predicted molar refractivity (Wildman–Crippen MR) is 74.0 cm³/mol. The zero-order valence-corrected chi connectivity index (χ0v) is 13.0. The van der Waals surface area contributed by atoms with E-state index in [0.717, 1.165) is 5.56 Å². The van der Waals surface area contributed by atoms with Gasteiger partial charge in [-0.2, -0.15) is 0 Å². The molecule has 1 atom stereocenters. The second-order valence-corrected chi connectivity index (χ2v) is 7.12. The monoisotopic (exact) mass is 361 g/mol. The molecular weight excluding hydrogens is 350 g/mol. The molecule has 1 aliphatic rings. The molecule has 1 aromatic rings. The van der Waals surface area contributed by atoms with Crippen molar-refractivity contribution in [2.45, 2.75) is 25.2 Å². The number of halogens is 1. The van der Waals surface area contributed by atoms with Crippen LogP contribution in [-0.4, -0.2) is 20.3 Å². The molecule has 1 amide bonds. The van der Waals surface area contributed by atoms with E-state index in [1.165, 1.54) is 6.92 Å². The van der Waals surface area contributed by atoms with Crippen molar-refractivity contribution >= 4 is 37.8 Å². The van der Waals surface area contributed by atoms with E-state index in [2.05, 4.69) is 15.9 Å². The Kier molecular flexibility index (Phi) is 4.14. The number of hydrogen-bond donors (Lipinski definition) is 1. The fourth-order valence-electron chi connectivity index (χ4n) is 1.93. The van der Waals surface area contributed by atoms with Gasteiger partial charge in [0, 0.05) is 11.4 Å². The minimum Gasteiger partial charge on any atom is -0.461 e. The minimum atomic E-state index is -3.67. The summed E-state index contributed by atoms with van der Waals surface area (Å²) in [5.41, 5.74) is 1.24. The van der Waals surface area contributed by atoms with E-state index >= 15 is 0 Å². The van der Waals surface area contributed by atoms with Crippen LogP contribution in [0.4, 0.5) is 0 Å². The van der Waals surface area contributed by atoms with Crippen molar-refractivity contribution in [3.8, 4) is 0 Å². The van der Waals surface area contributed by atoms with Crippen molar-refractivity contribution in [1.82, 2.24) is 4.72 Å². The van der Waals surface area contributed by atoms with Crippen molar-refractivity contribution in [1.29, 1.82) is 0 Å². The first-order chi connectivity index (χ1) is 9.29. The first-order valence-electron chi connectivity index (χ1n) is 5.76. The number of hydrogen-bond acceptors (Lipinski definition) is 5. The maximum absolute atomic E-state index is 11.8. The summed E-state index contributed by atoms with van der Waals surface area (Å²) in [6, 6.07) is 4.96. The molecule has 1 heterocycles. The van der Waals surface area contributed by atoms with Crippen molar-refractivity contribution in [3.05, 3.63) is 33.8 Å². The molecule has 0 saturated carbocycles. The zero-order chi connectivity index (χ0) is 14.9. The fraction of sp³-hybridized carbons (Fsp3) is 0.333. The highest BCUT2D eigenvalue weighted by Gasteiger charge is 2.38. The van der Waals surface area contributed by atoms with E-state index in [1.807, 2.05) is 4.72 Å². The summed E-state index contributed by atoms with van der Waals surface area (Å²) in [5, 5.41) is -0.896. The van der Waals surface area contributed by atoms with Crippen LogP contribution in [0.3, 0.4) is 0 Å². The molecule has 1 saturated heterocycles. The average molecular weight is 362 g/mol. The van der Waals surface area contributed by atoms with Crippen LogP contribution in [0.1, 0.15) is 29.7 Å². The van der Waals surface area contributed by atoms with E-state index in [0.29, 0.717) is 10.0 Å². The Hall–Kier alpha value is -1.41. The Balaban J connectivity index is 2.26. The maximum atomic E-state index is 11.8. The quantitative estimate of drug-likeness (QED) is 0.821. The highest BCUT2D eigenvalue weighted by molar-refractivity contribution is 9.10. The number of ether oxygens (including phenoxy) is 1. The number of carbonyl (C=O) groups excluding carboxylic acids is 2. The standard InChI is InChI=1S/C12H12BrNO5S/c1-7(15)19-6-8-2-3-9(10(13)4-8)11-5-12(16)14-20(11,17)18/h2-4,11H,5-6H2,1H3,(H,14,16). The summed E-state index contributed by atoms with van der Waals surface area (Å²) >= 11 is 3.29. The molecule has 1 aliphatic heterocycles. The zero-order valence-electron chi connectivity index (χ0n) is 10.6. The average Bonchev–Trinajstić information content (AvgIpc) is 2.60. The number of amides is 1. The number of rotatable bonds is 3. The molecule has 1 unspecified atom stereocenters. The Bertz CT molecular complexity index is 670. The van der Waals surface area contributed by atoms with Crippen LogP contribution in [0.15, 0.2) is 22.7 Å². The van der Waals surface area contributed by atoms with Crippen LogP contribution in [0.25, 0.3) is 0 Å². The van der Waals surface area contributed by atoms with Gasteiger partial charge in [0.15, 0.2) is 0 Å². The lowest BCUT2D eigenvalue weighted by Crippen LogP contribution is -2.21. The molecule has 0 spiro atoms. The third-order valence-corrected chi connectivity index (χ3v) is 5.22. The Morgan fingerprint density at radius 3 is 2.70 bits per heavy atom. The van der Waals surface area contributed by atoms with Gasteiger partial charge in [-0.05, 0) is 17.2 Å². The number of carbonyl (C=O) groups is 2. The van der Waals surface area contributed by atoms with Crippen molar-refractivity contribution in [2.75, 3.05) is 0 Å². The highest BCUT2D eigenvalue weighted by atomic mass is 79.9. The Labute approximate surface area is 124 Å². The van der Waals surface area contributed by atoms with Gasteiger partial charge in [0.25, 0.3) is 0 Å². The normalized spacial score (nSPS) is 20.5. The van der Waals surface area contributed by atoms with Gasteiger partial charge in [-0.3, -0.25) is 14.3 Å². The van der Waals surface area contributed by atoms with E-state index in [9.17, 15) is 18.0 Å². The van der Waals surface area contributed by atoms with E-state index in [1.54, 1.807) is 18.2 Å². The number of esters is 1. The number of benzene rings is 1. The topological polar surface area (TPSA) is 89.5 Å². The summed E-state index contributed by atoms with van der Waals surface area (Å²) < 4.78 is 31.0. The molecule has 0 aliphatic carbocycles. The lowest BCUT2D eigenvalue weighted by atomic mass is 10.1. The third kappa shape index (κ3) is 3.18. The van der Waals surface area contributed by atoms with Gasteiger partial charge in [0.2, 0.25) is 15.9 Å². The SMILES string of the molecule is CC(=O)OCc1ccc(C2CC(=O)NS2(=O)=O)c(Br)c1. The van der Waals surface area contributed by atoms with Gasteiger partial charge in [-0.15, -0.1) is 0 Å². The lowest BCUT2D eigenvalue weighted by molar-refractivity contribution is -0.142. The summed E-state index contributed by atoms with van der Waals surface area (Å²) in [6.45, 7) is 1.43. The second-order valence-electron chi connectivity index (χ2n) is 4.40. The van der Waals surface area contributed by atoms with E-state index in [-0.39, 0.29) is 13.0 Å². The smallest absolute Gasteiger partial charge is 0.302 e. The van der Waals surface area contributed by atoms with Gasteiger partial charge >= 0.3 is 5.97 Å². The second kappa shape index (κ2) is 5.53. The van der Waals surface area contributed by atoms with Gasteiger partial charge < -0.3 is 4.74 Å². The molecule has 6 nitrogen and oxygen atoms in total. The molecule has 8 heteroatoms. The number of nitrogens with one attached hydrogen (secondary N) is 1. The molecule has 1 N–H and O–H groups in total. The van der Waals surface area contributed by atoms with Crippen LogP contribution >= 0.6 is 15.9 Å². The lowest BCUT2D eigenvalue weighted by Gasteiger charge is -2.12.